The summed E-state index contributed by atoms with van der Waals surface area (Å²) in [5.74, 6) is 0.212. The highest BCUT2D eigenvalue weighted by atomic mass is 15.2. The van der Waals surface area contributed by atoms with Crippen molar-refractivity contribution in [1.82, 2.24) is 4.90 Å². The van der Waals surface area contributed by atoms with E-state index in [4.69, 9.17) is 5.26 Å². The first-order valence-electron chi connectivity index (χ1n) is 3.35. The Morgan fingerprint density at radius 2 is 2.44 bits per heavy atom. The first kappa shape index (κ1) is 6.57. The van der Waals surface area contributed by atoms with Gasteiger partial charge in [-0.3, -0.25) is 0 Å². The number of nitrogens with zero attached hydrogens (tertiary/aromatic N) is 2. The van der Waals surface area contributed by atoms with Crippen LogP contribution in [0, 0.1) is 17.2 Å². The first-order valence-corrected chi connectivity index (χ1v) is 3.35. The third-order valence-corrected chi connectivity index (χ3v) is 2.12. The van der Waals surface area contributed by atoms with E-state index < -0.39 is 0 Å². The van der Waals surface area contributed by atoms with Gasteiger partial charge in [0.2, 0.25) is 0 Å². The average molecular weight is 124 g/mol. The molecule has 1 heterocycles. The summed E-state index contributed by atoms with van der Waals surface area (Å²) >= 11 is 0. The highest BCUT2D eigenvalue weighted by molar-refractivity contribution is 4.94. The Labute approximate surface area is 56.1 Å². The lowest BCUT2D eigenvalue weighted by Gasteiger charge is -2.39. The van der Waals surface area contributed by atoms with Crippen molar-refractivity contribution in [2.24, 2.45) is 5.92 Å². The van der Waals surface area contributed by atoms with E-state index in [0.717, 1.165) is 6.54 Å². The maximum Gasteiger partial charge on any atom is 0.0669 e. The van der Waals surface area contributed by atoms with Gasteiger partial charge in [-0.25, -0.2) is 0 Å². The summed E-state index contributed by atoms with van der Waals surface area (Å²) in [6.45, 7) is 3.15. The zero-order valence-corrected chi connectivity index (χ0v) is 5.96. The molecular formula is C7H12N2. The molecule has 0 saturated carbocycles. The van der Waals surface area contributed by atoms with Crippen molar-refractivity contribution < 1.29 is 0 Å². The third kappa shape index (κ3) is 1.06. The van der Waals surface area contributed by atoms with Crippen LogP contribution < -0.4 is 0 Å². The highest BCUT2D eigenvalue weighted by Gasteiger charge is 2.28. The van der Waals surface area contributed by atoms with Crippen molar-refractivity contribution in [2.45, 2.75) is 19.4 Å². The topological polar surface area (TPSA) is 27.0 Å². The van der Waals surface area contributed by atoms with Crippen LogP contribution in [0.5, 0.6) is 0 Å². The molecule has 2 atom stereocenters. The summed E-state index contributed by atoms with van der Waals surface area (Å²) in [5.41, 5.74) is 0. The van der Waals surface area contributed by atoms with Gasteiger partial charge in [0, 0.05) is 6.04 Å². The second-order valence-electron chi connectivity index (χ2n) is 2.75. The van der Waals surface area contributed by atoms with Crippen molar-refractivity contribution in [3.8, 4) is 6.07 Å². The smallest absolute Gasteiger partial charge is 0.0669 e. The molecule has 0 amide bonds. The van der Waals surface area contributed by atoms with Crippen LogP contribution in [0.2, 0.25) is 0 Å². The van der Waals surface area contributed by atoms with Crippen LogP contribution in [0.25, 0.3) is 0 Å². The molecule has 0 aromatic rings. The van der Waals surface area contributed by atoms with E-state index in [1.165, 1.54) is 6.42 Å². The molecule has 1 saturated heterocycles. The fourth-order valence-corrected chi connectivity index (χ4v) is 1.25. The zero-order valence-electron chi connectivity index (χ0n) is 5.96. The largest absolute Gasteiger partial charge is 0.302 e. The van der Waals surface area contributed by atoms with E-state index >= 15 is 0 Å². The molecule has 0 aromatic carbocycles. The van der Waals surface area contributed by atoms with Crippen LogP contribution in [-0.2, 0) is 0 Å². The van der Waals surface area contributed by atoms with Crippen LogP contribution in [0.4, 0.5) is 0 Å². The van der Waals surface area contributed by atoms with Crippen LogP contribution in [0.3, 0.4) is 0 Å². The Morgan fingerprint density at radius 1 is 1.78 bits per heavy atom. The van der Waals surface area contributed by atoms with E-state index in [2.05, 4.69) is 18.0 Å². The van der Waals surface area contributed by atoms with Crippen LogP contribution in [-0.4, -0.2) is 24.5 Å². The number of likely N-dealkylation sites (tertiary alicyclic amines) is 1. The zero-order chi connectivity index (χ0) is 6.85. The predicted octanol–water partition coefficient (Wildman–Crippen LogP) is 0.850. The SMILES string of the molecule is CC(C#N)C1CCN1C. The van der Waals surface area contributed by atoms with Gasteiger partial charge in [-0.1, -0.05) is 0 Å². The van der Waals surface area contributed by atoms with E-state index in [0.29, 0.717) is 6.04 Å². The molecule has 1 rings (SSSR count). The van der Waals surface area contributed by atoms with Crippen molar-refractivity contribution >= 4 is 0 Å². The summed E-state index contributed by atoms with van der Waals surface area (Å²) in [5, 5.41) is 8.51. The molecule has 1 fully saturated rings. The fraction of sp³-hybridized carbons (Fsp3) is 0.857. The van der Waals surface area contributed by atoms with Gasteiger partial charge in [0.1, 0.15) is 0 Å². The minimum Gasteiger partial charge on any atom is -0.302 e. The predicted molar refractivity (Wildman–Crippen MR) is 35.8 cm³/mol. The number of hydrogen-bond acceptors (Lipinski definition) is 2. The minimum atomic E-state index is 0.212. The molecule has 50 valence electrons. The average Bonchev–Trinajstić information content (AvgIpc) is 1.84. The van der Waals surface area contributed by atoms with Gasteiger partial charge < -0.3 is 4.90 Å². The van der Waals surface area contributed by atoms with E-state index in [1.54, 1.807) is 0 Å². The minimum absolute atomic E-state index is 0.212. The lowest BCUT2D eigenvalue weighted by molar-refractivity contribution is 0.0989. The monoisotopic (exact) mass is 124 g/mol. The molecule has 0 bridgehead atoms. The van der Waals surface area contributed by atoms with Crippen LogP contribution in [0.15, 0.2) is 0 Å². The lowest BCUT2D eigenvalue weighted by atomic mass is 9.92. The molecule has 0 N–H and O–H groups in total. The maximum absolute atomic E-state index is 8.51. The molecule has 0 aromatic heterocycles. The third-order valence-electron chi connectivity index (χ3n) is 2.12. The Morgan fingerprint density at radius 3 is 2.56 bits per heavy atom. The lowest BCUT2D eigenvalue weighted by Crippen LogP contribution is -2.48. The molecule has 0 radical (unpaired) electrons. The van der Waals surface area contributed by atoms with Gasteiger partial charge >= 0.3 is 0 Å². The molecule has 2 nitrogen and oxygen atoms in total. The molecule has 0 aliphatic carbocycles. The fourth-order valence-electron chi connectivity index (χ4n) is 1.25. The first-order chi connectivity index (χ1) is 4.25. The summed E-state index contributed by atoms with van der Waals surface area (Å²) in [6, 6.07) is 2.79. The quantitative estimate of drug-likeness (QED) is 0.518. The standard InChI is InChI=1S/C7H12N2/c1-6(5-8)7-3-4-9(7)2/h6-7H,3-4H2,1-2H3. The van der Waals surface area contributed by atoms with E-state index in [1.807, 2.05) is 6.92 Å². The van der Waals surface area contributed by atoms with Gasteiger partial charge in [-0.15, -0.1) is 0 Å². The van der Waals surface area contributed by atoms with Gasteiger partial charge in [-0.2, -0.15) is 5.26 Å². The van der Waals surface area contributed by atoms with Crippen molar-refractivity contribution in [3.63, 3.8) is 0 Å². The molecule has 0 spiro atoms. The molecule has 1 aliphatic heterocycles. The highest BCUT2D eigenvalue weighted by Crippen LogP contribution is 2.21. The number of rotatable bonds is 1. The Hall–Kier alpha value is -0.550. The van der Waals surface area contributed by atoms with Crippen LogP contribution >= 0.6 is 0 Å². The Bertz CT molecular complexity index is 136. The summed E-state index contributed by atoms with van der Waals surface area (Å²) in [7, 11) is 2.07. The van der Waals surface area contributed by atoms with Crippen LogP contribution in [0.1, 0.15) is 13.3 Å². The van der Waals surface area contributed by atoms with Gasteiger partial charge in [0.05, 0.1) is 12.0 Å². The normalized spacial score (nSPS) is 30.6. The summed E-state index contributed by atoms with van der Waals surface area (Å²) < 4.78 is 0. The molecule has 9 heavy (non-hydrogen) atoms. The summed E-state index contributed by atoms with van der Waals surface area (Å²) in [4.78, 5) is 2.23. The van der Waals surface area contributed by atoms with E-state index in [-0.39, 0.29) is 5.92 Å². The van der Waals surface area contributed by atoms with Crippen molar-refractivity contribution in [2.75, 3.05) is 13.6 Å². The maximum atomic E-state index is 8.51. The number of hydrogen-bond donors (Lipinski definition) is 0. The van der Waals surface area contributed by atoms with Gasteiger partial charge in [0.25, 0.3) is 0 Å². The molecular weight excluding hydrogens is 112 g/mol. The number of nitriles is 1. The molecule has 2 heteroatoms. The molecule has 1 aliphatic rings. The Kier molecular flexibility index (Phi) is 1.73. The van der Waals surface area contributed by atoms with Gasteiger partial charge in [-0.05, 0) is 26.9 Å². The molecule has 2 unspecified atom stereocenters. The van der Waals surface area contributed by atoms with E-state index in [9.17, 15) is 0 Å². The van der Waals surface area contributed by atoms with Crippen molar-refractivity contribution in [1.29, 1.82) is 5.26 Å². The Balaban J connectivity index is 2.36. The second kappa shape index (κ2) is 2.36. The summed E-state index contributed by atoms with van der Waals surface area (Å²) in [6.07, 6.45) is 1.20. The van der Waals surface area contributed by atoms with Crippen molar-refractivity contribution in [3.05, 3.63) is 0 Å². The van der Waals surface area contributed by atoms with Gasteiger partial charge in [0.15, 0.2) is 0 Å². The second-order valence-corrected chi connectivity index (χ2v) is 2.75.